The lowest BCUT2D eigenvalue weighted by atomic mass is 10.00. The lowest BCUT2D eigenvalue weighted by Crippen LogP contribution is -2.24. The standard InChI is InChI=1S/C25H20O4/c1-16-22(28-17(2)24(27)19-11-7-4-8-12-19)14-13-20-21(15-23(26)29-25(16)20)18-9-5-3-6-10-18/h3-15,17H,1-2H3/t17-/m1/s1. The zero-order valence-corrected chi connectivity index (χ0v) is 16.2. The number of hydrogen-bond acceptors (Lipinski definition) is 4. The summed E-state index contributed by atoms with van der Waals surface area (Å²) >= 11 is 0. The largest absolute Gasteiger partial charge is 0.482 e. The Labute approximate surface area is 168 Å². The Bertz CT molecular complexity index is 1220. The van der Waals surface area contributed by atoms with Crippen LogP contribution in [0.4, 0.5) is 0 Å². The molecule has 0 fully saturated rings. The highest BCUT2D eigenvalue weighted by atomic mass is 16.5. The van der Waals surface area contributed by atoms with Crippen molar-refractivity contribution in [2.75, 3.05) is 0 Å². The molecular weight excluding hydrogens is 364 g/mol. The molecule has 0 amide bonds. The Hall–Kier alpha value is -3.66. The molecule has 0 spiro atoms. The molecule has 0 aliphatic rings. The summed E-state index contributed by atoms with van der Waals surface area (Å²) < 4.78 is 11.4. The minimum atomic E-state index is -0.669. The quantitative estimate of drug-likeness (QED) is 0.341. The Morgan fingerprint density at radius 3 is 2.28 bits per heavy atom. The highest BCUT2D eigenvalue weighted by Crippen LogP contribution is 2.33. The van der Waals surface area contributed by atoms with Gasteiger partial charge < -0.3 is 9.15 Å². The van der Waals surface area contributed by atoms with Gasteiger partial charge in [-0.25, -0.2) is 4.79 Å². The van der Waals surface area contributed by atoms with Gasteiger partial charge in [0.15, 0.2) is 6.10 Å². The van der Waals surface area contributed by atoms with E-state index < -0.39 is 11.7 Å². The summed E-state index contributed by atoms with van der Waals surface area (Å²) in [5.41, 5.74) is 3.06. The molecule has 4 rings (SSSR count). The number of ketones is 1. The first-order valence-electron chi connectivity index (χ1n) is 9.43. The van der Waals surface area contributed by atoms with E-state index in [0.29, 0.717) is 22.5 Å². The Balaban J connectivity index is 1.73. The molecule has 1 atom stereocenters. The van der Waals surface area contributed by atoms with Gasteiger partial charge in [-0.2, -0.15) is 0 Å². The van der Waals surface area contributed by atoms with Gasteiger partial charge in [0.1, 0.15) is 11.3 Å². The van der Waals surface area contributed by atoms with Crippen molar-refractivity contribution in [1.29, 1.82) is 0 Å². The normalized spacial score (nSPS) is 11.9. The highest BCUT2D eigenvalue weighted by molar-refractivity contribution is 5.99. The van der Waals surface area contributed by atoms with Crippen LogP contribution in [0.25, 0.3) is 22.1 Å². The minimum absolute atomic E-state index is 0.107. The Morgan fingerprint density at radius 1 is 0.931 bits per heavy atom. The third kappa shape index (κ3) is 3.69. The van der Waals surface area contributed by atoms with Crippen molar-refractivity contribution >= 4 is 16.8 Å². The number of carbonyl (C=O) groups is 1. The van der Waals surface area contributed by atoms with E-state index in [9.17, 15) is 9.59 Å². The average molecular weight is 384 g/mol. The molecule has 29 heavy (non-hydrogen) atoms. The molecule has 0 bridgehead atoms. The van der Waals surface area contributed by atoms with Crippen LogP contribution in [0, 0.1) is 6.92 Å². The second-order valence-electron chi connectivity index (χ2n) is 6.90. The van der Waals surface area contributed by atoms with Crippen LogP contribution >= 0.6 is 0 Å². The van der Waals surface area contributed by atoms with Gasteiger partial charge in [-0.3, -0.25) is 4.79 Å². The maximum atomic E-state index is 12.6. The van der Waals surface area contributed by atoms with Gasteiger partial charge in [0.2, 0.25) is 5.78 Å². The number of ether oxygens (including phenoxy) is 1. The van der Waals surface area contributed by atoms with Gasteiger partial charge >= 0.3 is 5.63 Å². The zero-order chi connectivity index (χ0) is 20.4. The van der Waals surface area contributed by atoms with Crippen molar-refractivity contribution in [1.82, 2.24) is 0 Å². The molecule has 4 nitrogen and oxygen atoms in total. The van der Waals surface area contributed by atoms with Crippen LogP contribution in [-0.2, 0) is 0 Å². The lowest BCUT2D eigenvalue weighted by molar-refractivity contribution is 0.0817. The van der Waals surface area contributed by atoms with Gasteiger partial charge in [0.25, 0.3) is 0 Å². The highest BCUT2D eigenvalue weighted by Gasteiger charge is 2.19. The van der Waals surface area contributed by atoms with Crippen LogP contribution in [-0.4, -0.2) is 11.9 Å². The van der Waals surface area contributed by atoms with Crippen LogP contribution in [0.2, 0.25) is 0 Å². The first kappa shape index (κ1) is 18.7. The first-order chi connectivity index (χ1) is 14.0. The van der Waals surface area contributed by atoms with E-state index in [4.69, 9.17) is 9.15 Å². The second-order valence-corrected chi connectivity index (χ2v) is 6.90. The Morgan fingerprint density at radius 2 is 1.59 bits per heavy atom. The number of fused-ring (bicyclic) bond motifs is 1. The molecule has 0 saturated carbocycles. The summed E-state index contributed by atoms with van der Waals surface area (Å²) in [5.74, 6) is 0.409. The second kappa shape index (κ2) is 7.76. The Kier molecular flexibility index (Phi) is 5.00. The van der Waals surface area contributed by atoms with Gasteiger partial charge in [-0.05, 0) is 37.1 Å². The fourth-order valence-corrected chi connectivity index (χ4v) is 3.41. The zero-order valence-electron chi connectivity index (χ0n) is 16.2. The monoisotopic (exact) mass is 384 g/mol. The molecule has 0 radical (unpaired) electrons. The van der Waals surface area contributed by atoms with Crippen LogP contribution in [0.3, 0.4) is 0 Å². The SMILES string of the molecule is Cc1c(O[C@H](C)C(=O)c2ccccc2)ccc2c(-c3ccccc3)cc(=O)oc12. The van der Waals surface area contributed by atoms with Gasteiger partial charge in [-0.1, -0.05) is 60.7 Å². The van der Waals surface area contributed by atoms with Crippen molar-refractivity contribution in [3.05, 3.63) is 100 Å². The number of Topliss-reactive ketones (excluding diaryl/α,β-unsaturated/α-hetero) is 1. The van der Waals surface area contributed by atoms with E-state index in [0.717, 1.165) is 16.5 Å². The molecule has 0 aliphatic carbocycles. The number of hydrogen-bond donors (Lipinski definition) is 0. The van der Waals surface area contributed by atoms with E-state index >= 15 is 0 Å². The van der Waals surface area contributed by atoms with E-state index in [1.807, 2.05) is 67.6 Å². The van der Waals surface area contributed by atoms with E-state index in [1.165, 1.54) is 6.07 Å². The van der Waals surface area contributed by atoms with Crippen molar-refractivity contribution in [2.24, 2.45) is 0 Å². The summed E-state index contributed by atoms with van der Waals surface area (Å²) in [6, 6.07) is 23.9. The number of benzene rings is 3. The van der Waals surface area contributed by atoms with Gasteiger partial charge in [0, 0.05) is 22.6 Å². The van der Waals surface area contributed by atoms with Crippen LogP contribution in [0.15, 0.2) is 88.1 Å². The van der Waals surface area contributed by atoms with Crippen molar-refractivity contribution in [3.8, 4) is 16.9 Å². The molecule has 0 saturated heterocycles. The molecule has 4 aromatic rings. The smallest absolute Gasteiger partial charge is 0.336 e. The molecule has 144 valence electrons. The van der Waals surface area contributed by atoms with Gasteiger partial charge in [-0.15, -0.1) is 0 Å². The third-order valence-corrected chi connectivity index (χ3v) is 4.93. The minimum Gasteiger partial charge on any atom is -0.482 e. The summed E-state index contributed by atoms with van der Waals surface area (Å²) in [6.45, 7) is 3.55. The third-order valence-electron chi connectivity index (χ3n) is 4.93. The van der Waals surface area contributed by atoms with Gasteiger partial charge in [0.05, 0.1) is 0 Å². The summed E-state index contributed by atoms with van der Waals surface area (Å²) in [5, 5.41) is 0.822. The lowest BCUT2D eigenvalue weighted by Gasteiger charge is -2.17. The summed E-state index contributed by atoms with van der Waals surface area (Å²) in [6.07, 6.45) is -0.669. The summed E-state index contributed by atoms with van der Waals surface area (Å²) in [4.78, 5) is 24.8. The number of carbonyl (C=O) groups excluding carboxylic acids is 1. The van der Waals surface area contributed by atoms with E-state index in [2.05, 4.69) is 0 Å². The molecular formula is C25H20O4. The topological polar surface area (TPSA) is 56.5 Å². The maximum Gasteiger partial charge on any atom is 0.336 e. The molecule has 0 N–H and O–H groups in total. The molecule has 1 heterocycles. The molecule has 0 aliphatic heterocycles. The predicted octanol–water partition coefficient (Wildman–Crippen LogP) is 5.42. The van der Waals surface area contributed by atoms with Crippen molar-refractivity contribution < 1.29 is 13.9 Å². The fraction of sp³-hybridized carbons (Fsp3) is 0.120. The molecule has 4 heteroatoms. The number of rotatable bonds is 5. The van der Waals surface area contributed by atoms with E-state index in [1.54, 1.807) is 19.1 Å². The molecule has 3 aromatic carbocycles. The fourth-order valence-electron chi connectivity index (χ4n) is 3.41. The van der Waals surface area contributed by atoms with Crippen molar-refractivity contribution in [3.63, 3.8) is 0 Å². The molecule has 0 unspecified atom stereocenters. The van der Waals surface area contributed by atoms with Crippen LogP contribution in [0.5, 0.6) is 5.75 Å². The summed E-state index contributed by atoms with van der Waals surface area (Å²) in [7, 11) is 0. The predicted molar refractivity (Wildman–Crippen MR) is 114 cm³/mol. The number of aryl methyl sites for hydroxylation is 1. The maximum absolute atomic E-state index is 12.6. The first-order valence-corrected chi connectivity index (χ1v) is 9.43. The van der Waals surface area contributed by atoms with Crippen molar-refractivity contribution in [2.45, 2.75) is 20.0 Å². The van der Waals surface area contributed by atoms with Crippen LogP contribution in [0.1, 0.15) is 22.8 Å². The average Bonchev–Trinajstić information content (AvgIpc) is 2.76. The van der Waals surface area contributed by atoms with E-state index in [-0.39, 0.29) is 5.78 Å². The van der Waals surface area contributed by atoms with Crippen LogP contribution < -0.4 is 10.4 Å². The molecule has 1 aromatic heterocycles.